The molecule has 0 unspecified atom stereocenters. The van der Waals surface area contributed by atoms with Crippen LogP contribution in [-0.2, 0) is 13.7 Å². The molecule has 1 aliphatic heterocycles. The second kappa shape index (κ2) is 8.03. The summed E-state index contributed by atoms with van der Waals surface area (Å²) in [5.74, 6) is 0. The highest BCUT2D eigenvalue weighted by atomic mass is 35.6. The van der Waals surface area contributed by atoms with Crippen LogP contribution in [0.4, 0.5) is 0 Å². The molecule has 0 aromatic carbocycles. The number of hydrogen-bond acceptors (Lipinski definition) is 3. The van der Waals surface area contributed by atoms with E-state index in [1.807, 2.05) is 0 Å². The van der Waals surface area contributed by atoms with Gasteiger partial charge in [-0.2, -0.15) is 11.1 Å². The minimum Gasteiger partial charge on any atom is -0.417 e. The Hall–Kier alpha value is 0.409. The summed E-state index contributed by atoms with van der Waals surface area (Å²) in [4.78, 5) is 0. The van der Waals surface area contributed by atoms with Gasteiger partial charge in [0.1, 0.15) is 0 Å². The summed E-state index contributed by atoms with van der Waals surface area (Å²) in [7, 11) is -3.90. The van der Waals surface area contributed by atoms with E-state index in [9.17, 15) is 0 Å². The molecule has 0 aromatic heterocycles. The molecular weight excluding hydrogens is 379 g/mol. The molecule has 1 saturated heterocycles. The normalized spacial score (nSPS) is 21.4. The Balaban J connectivity index is 2.78. The van der Waals surface area contributed by atoms with Gasteiger partial charge in [0, 0.05) is 6.61 Å². The summed E-state index contributed by atoms with van der Waals surface area (Å²) in [5.41, 5.74) is 2.75. The molecule has 7 heteroatoms. The van der Waals surface area contributed by atoms with E-state index in [-0.39, 0.29) is 23.4 Å². The summed E-state index contributed by atoms with van der Waals surface area (Å²) in [6.45, 7) is 24.8. The average molecular weight is 419 g/mol. The van der Waals surface area contributed by atoms with Crippen LogP contribution in [0.15, 0.2) is 11.2 Å². The van der Waals surface area contributed by atoms with Crippen molar-refractivity contribution in [2.24, 2.45) is 0 Å². The van der Waals surface area contributed by atoms with Crippen LogP contribution in [0.25, 0.3) is 0 Å². The van der Waals surface area contributed by atoms with Crippen molar-refractivity contribution in [2.75, 3.05) is 6.61 Å². The van der Waals surface area contributed by atoms with Gasteiger partial charge < -0.3 is 13.7 Å². The first-order valence-electron chi connectivity index (χ1n) is 9.78. The quantitative estimate of drug-likeness (QED) is 0.274. The van der Waals surface area contributed by atoms with Crippen molar-refractivity contribution in [1.29, 1.82) is 0 Å². The van der Waals surface area contributed by atoms with E-state index in [1.165, 1.54) is 5.47 Å². The van der Waals surface area contributed by atoms with Crippen LogP contribution in [0, 0.1) is 0 Å². The van der Waals surface area contributed by atoms with E-state index in [0.717, 1.165) is 19.4 Å². The first-order valence-corrected chi connectivity index (χ1v) is 16.8. The molecule has 0 spiro atoms. The van der Waals surface area contributed by atoms with Gasteiger partial charge in [-0.25, -0.2) is 0 Å². The number of halogens is 1. The third-order valence-corrected chi connectivity index (χ3v) is 11.9. The standard InChI is InChI=1S/C19H40BClO3Si2/c1-17(2,3)26(10,11)22-14-12-13-16(15-25(8,9)21)20-23-18(4,5)19(6,7)24-20/h15H,12-14H2,1-11H3/b16-15-. The smallest absolute Gasteiger partial charge is 0.417 e. The zero-order valence-electron chi connectivity index (χ0n) is 18.9. The molecule has 3 nitrogen and oxygen atoms in total. The predicted octanol–water partition coefficient (Wildman–Crippen LogP) is 6.33. The predicted molar refractivity (Wildman–Crippen MR) is 120 cm³/mol. The Morgan fingerprint density at radius 1 is 1.04 bits per heavy atom. The summed E-state index contributed by atoms with van der Waals surface area (Å²) in [6, 6.07) is 0. The molecule has 0 amide bonds. The molecule has 1 fully saturated rings. The van der Waals surface area contributed by atoms with E-state index in [2.05, 4.69) is 80.4 Å². The molecule has 0 aliphatic carbocycles. The SMILES string of the molecule is CC1(C)OB(/C(=C\[Si](C)(C)Cl)CCCO[Si](C)(C)C(C)(C)C)OC1(C)C. The highest BCUT2D eigenvalue weighted by Crippen LogP contribution is 2.40. The van der Waals surface area contributed by atoms with E-state index in [0.29, 0.717) is 0 Å². The molecule has 1 heterocycles. The lowest BCUT2D eigenvalue weighted by Gasteiger charge is -2.36. The van der Waals surface area contributed by atoms with Crippen molar-refractivity contribution in [3.05, 3.63) is 11.2 Å². The minimum atomic E-state index is -1.89. The Kier molecular flexibility index (Phi) is 7.55. The maximum atomic E-state index is 6.62. The van der Waals surface area contributed by atoms with Gasteiger partial charge in [-0.15, -0.1) is 0 Å². The van der Waals surface area contributed by atoms with Gasteiger partial charge in [0.2, 0.25) is 0 Å². The van der Waals surface area contributed by atoms with Gasteiger partial charge in [-0.3, -0.25) is 0 Å². The zero-order valence-corrected chi connectivity index (χ0v) is 21.6. The molecule has 152 valence electrons. The fourth-order valence-corrected chi connectivity index (χ4v) is 5.18. The molecule has 0 saturated carbocycles. The lowest BCUT2D eigenvalue weighted by atomic mass is 9.77. The molecule has 0 aromatic rings. The van der Waals surface area contributed by atoms with E-state index in [4.69, 9.17) is 24.8 Å². The molecule has 0 N–H and O–H groups in total. The van der Waals surface area contributed by atoms with Crippen LogP contribution < -0.4 is 0 Å². The Labute approximate surface area is 169 Å². The minimum absolute atomic E-state index is 0.239. The van der Waals surface area contributed by atoms with Gasteiger partial charge >= 0.3 is 7.12 Å². The lowest BCUT2D eigenvalue weighted by Crippen LogP contribution is -2.41. The highest BCUT2D eigenvalue weighted by molar-refractivity contribution is 7.22. The summed E-state index contributed by atoms with van der Waals surface area (Å²) < 4.78 is 18.9. The van der Waals surface area contributed by atoms with Crippen LogP contribution in [0.1, 0.15) is 61.3 Å². The Morgan fingerprint density at radius 2 is 1.50 bits per heavy atom. The fraction of sp³-hybridized carbons (Fsp3) is 0.895. The monoisotopic (exact) mass is 418 g/mol. The van der Waals surface area contributed by atoms with Gasteiger partial charge in [-0.05, 0) is 64.1 Å². The maximum Gasteiger partial charge on any atom is 0.489 e. The molecule has 0 atom stereocenters. The molecular formula is C19H40BClO3Si2. The maximum absolute atomic E-state index is 6.62. The topological polar surface area (TPSA) is 27.7 Å². The van der Waals surface area contributed by atoms with Gasteiger partial charge in [0.25, 0.3) is 0 Å². The van der Waals surface area contributed by atoms with Crippen LogP contribution in [-0.4, -0.2) is 40.6 Å². The molecule has 0 bridgehead atoms. The molecule has 1 rings (SSSR count). The molecule has 0 radical (unpaired) electrons. The Bertz CT molecular complexity index is 504. The third kappa shape index (κ3) is 6.49. The van der Waals surface area contributed by atoms with Crippen molar-refractivity contribution in [1.82, 2.24) is 0 Å². The first-order chi connectivity index (χ1) is 11.4. The summed E-state index contributed by atoms with van der Waals surface area (Å²) in [5, 5.41) is 0.239. The molecule has 26 heavy (non-hydrogen) atoms. The van der Waals surface area contributed by atoms with Crippen molar-refractivity contribution in [3.8, 4) is 0 Å². The highest BCUT2D eigenvalue weighted by Gasteiger charge is 2.52. The van der Waals surface area contributed by atoms with Crippen molar-refractivity contribution < 1.29 is 13.7 Å². The summed E-state index contributed by atoms with van der Waals surface area (Å²) >= 11 is 6.62. The fourth-order valence-electron chi connectivity index (χ4n) is 2.51. The Morgan fingerprint density at radius 3 is 1.88 bits per heavy atom. The number of hydrogen-bond donors (Lipinski definition) is 0. The van der Waals surface area contributed by atoms with Crippen LogP contribution in [0.3, 0.4) is 0 Å². The number of rotatable bonds is 7. The van der Waals surface area contributed by atoms with Crippen molar-refractivity contribution in [2.45, 2.75) is 104 Å². The van der Waals surface area contributed by atoms with E-state index >= 15 is 0 Å². The number of allylic oxidation sites excluding steroid dienone is 1. The zero-order chi connectivity index (χ0) is 20.6. The van der Waals surface area contributed by atoms with E-state index in [1.54, 1.807) is 0 Å². The van der Waals surface area contributed by atoms with Crippen molar-refractivity contribution in [3.63, 3.8) is 0 Å². The van der Waals surface area contributed by atoms with Crippen LogP contribution in [0.5, 0.6) is 0 Å². The van der Waals surface area contributed by atoms with Crippen molar-refractivity contribution >= 4 is 33.9 Å². The largest absolute Gasteiger partial charge is 0.489 e. The van der Waals surface area contributed by atoms with Gasteiger partial charge in [-0.1, -0.05) is 39.6 Å². The molecule has 1 aliphatic rings. The van der Waals surface area contributed by atoms with Crippen LogP contribution in [0.2, 0.25) is 31.2 Å². The average Bonchev–Trinajstić information content (AvgIpc) is 2.59. The second-order valence-corrected chi connectivity index (χ2v) is 21.7. The third-order valence-electron chi connectivity index (χ3n) is 5.96. The first kappa shape index (κ1) is 24.4. The van der Waals surface area contributed by atoms with Crippen LogP contribution >= 0.6 is 11.1 Å². The van der Waals surface area contributed by atoms with Gasteiger partial charge in [0.05, 0.1) is 11.2 Å². The lowest BCUT2D eigenvalue weighted by molar-refractivity contribution is 0.00578. The van der Waals surface area contributed by atoms with Gasteiger partial charge in [0.15, 0.2) is 15.7 Å². The second-order valence-electron chi connectivity index (χ2n) is 10.6. The van der Waals surface area contributed by atoms with E-state index < -0.39 is 15.7 Å². The summed E-state index contributed by atoms with van der Waals surface area (Å²) in [6.07, 6.45) is 1.86.